The first kappa shape index (κ1) is 13.6. The molecule has 0 aliphatic carbocycles. The average Bonchev–Trinajstić information content (AvgIpc) is 2.69. The number of hydrogen-bond donors (Lipinski definition) is 1. The molecule has 0 spiro atoms. The SMILES string of the molecule is COc1c(F)cc(Cl)cc1C1CC(CN)CN1C. The summed E-state index contributed by atoms with van der Waals surface area (Å²) in [6.07, 6.45) is 0.906. The Morgan fingerprint density at radius 3 is 2.83 bits per heavy atom. The molecular formula is C13H18ClFN2O. The molecule has 2 rings (SSSR count). The highest BCUT2D eigenvalue weighted by molar-refractivity contribution is 6.30. The number of nitrogens with zero attached hydrogens (tertiary/aromatic N) is 1. The summed E-state index contributed by atoms with van der Waals surface area (Å²) < 4.78 is 19.0. The second kappa shape index (κ2) is 5.43. The van der Waals surface area contributed by atoms with E-state index in [1.54, 1.807) is 6.07 Å². The molecule has 0 aromatic heterocycles. The zero-order chi connectivity index (χ0) is 13.3. The summed E-state index contributed by atoms with van der Waals surface area (Å²) in [5.41, 5.74) is 6.52. The van der Waals surface area contributed by atoms with Crippen molar-refractivity contribution in [2.24, 2.45) is 11.7 Å². The van der Waals surface area contributed by atoms with Crippen molar-refractivity contribution < 1.29 is 9.13 Å². The summed E-state index contributed by atoms with van der Waals surface area (Å²) in [5, 5.41) is 0.396. The first-order valence-corrected chi connectivity index (χ1v) is 6.37. The van der Waals surface area contributed by atoms with Crippen molar-refractivity contribution in [2.75, 3.05) is 27.2 Å². The zero-order valence-electron chi connectivity index (χ0n) is 10.6. The van der Waals surface area contributed by atoms with Crippen molar-refractivity contribution >= 4 is 11.6 Å². The number of rotatable bonds is 3. The fraction of sp³-hybridized carbons (Fsp3) is 0.538. The van der Waals surface area contributed by atoms with E-state index in [1.807, 2.05) is 7.05 Å². The predicted molar refractivity (Wildman–Crippen MR) is 70.5 cm³/mol. The van der Waals surface area contributed by atoms with Crippen molar-refractivity contribution in [3.05, 3.63) is 28.5 Å². The fourth-order valence-corrected chi connectivity index (χ4v) is 2.90. The summed E-state index contributed by atoms with van der Waals surface area (Å²) in [6.45, 7) is 1.56. The van der Waals surface area contributed by atoms with Gasteiger partial charge in [0.05, 0.1) is 7.11 Å². The highest BCUT2D eigenvalue weighted by Crippen LogP contribution is 2.40. The summed E-state index contributed by atoms with van der Waals surface area (Å²) in [7, 11) is 3.49. The Hall–Kier alpha value is -0.840. The third kappa shape index (κ3) is 2.46. The predicted octanol–water partition coefficient (Wildman–Crippen LogP) is 2.44. The van der Waals surface area contributed by atoms with E-state index in [1.165, 1.54) is 13.2 Å². The van der Waals surface area contributed by atoms with Gasteiger partial charge >= 0.3 is 0 Å². The number of benzene rings is 1. The Labute approximate surface area is 112 Å². The normalized spacial score (nSPS) is 24.5. The van der Waals surface area contributed by atoms with Gasteiger partial charge in [0.15, 0.2) is 11.6 Å². The van der Waals surface area contributed by atoms with Crippen LogP contribution in [0.1, 0.15) is 18.0 Å². The molecule has 2 atom stereocenters. The summed E-state index contributed by atoms with van der Waals surface area (Å²) in [5.74, 6) is 0.310. The molecule has 1 aromatic rings. The number of ether oxygens (including phenoxy) is 1. The molecular weight excluding hydrogens is 255 g/mol. The van der Waals surface area contributed by atoms with E-state index < -0.39 is 5.82 Å². The molecule has 1 aliphatic rings. The maximum Gasteiger partial charge on any atom is 0.166 e. The van der Waals surface area contributed by atoms with Crippen molar-refractivity contribution in [1.82, 2.24) is 4.90 Å². The molecule has 18 heavy (non-hydrogen) atoms. The van der Waals surface area contributed by atoms with Gasteiger partial charge in [-0.05, 0) is 38.1 Å². The molecule has 1 aromatic carbocycles. The number of methoxy groups -OCH3 is 1. The van der Waals surface area contributed by atoms with Crippen LogP contribution in [0.3, 0.4) is 0 Å². The maximum atomic E-state index is 13.8. The maximum absolute atomic E-state index is 13.8. The first-order valence-electron chi connectivity index (χ1n) is 6.00. The van der Waals surface area contributed by atoms with Crippen LogP contribution in [0.2, 0.25) is 5.02 Å². The van der Waals surface area contributed by atoms with Crippen LogP contribution in [0.25, 0.3) is 0 Å². The molecule has 1 saturated heterocycles. The highest BCUT2D eigenvalue weighted by atomic mass is 35.5. The Balaban J connectivity index is 2.38. The average molecular weight is 273 g/mol. The molecule has 0 amide bonds. The molecule has 3 nitrogen and oxygen atoms in total. The number of halogens is 2. The smallest absolute Gasteiger partial charge is 0.166 e. The van der Waals surface area contributed by atoms with Gasteiger partial charge in [-0.1, -0.05) is 11.6 Å². The van der Waals surface area contributed by atoms with Crippen molar-refractivity contribution in [3.63, 3.8) is 0 Å². The van der Waals surface area contributed by atoms with Gasteiger partial charge in [0.1, 0.15) is 0 Å². The van der Waals surface area contributed by atoms with E-state index >= 15 is 0 Å². The second-order valence-electron chi connectivity index (χ2n) is 4.80. The van der Waals surface area contributed by atoms with Crippen LogP contribution in [0.5, 0.6) is 5.75 Å². The lowest BCUT2D eigenvalue weighted by Crippen LogP contribution is -2.21. The Morgan fingerprint density at radius 2 is 2.28 bits per heavy atom. The lowest BCUT2D eigenvalue weighted by molar-refractivity contribution is 0.298. The van der Waals surface area contributed by atoms with E-state index in [0.717, 1.165) is 18.5 Å². The molecule has 1 fully saturated rings. The van der Waals surface area contributed by atoms with E-state index in [-0.39, 0.29) is 11.8 Å². The quantitative estimate of drug-likeness (QED) is 0.919. The van der Waals surface area contributed by atoms with Crippen LogP contribution in [0.15, 0.2) is 12.1 Å². The van der Waals surface area contributed by atoms with Crippen LogP contribution in [-0.4, -0.2) is 32.1 Å². The summed E-state index contributed by atoms with van der Waals surface area (Å²) in [6, 6.07) is 3.17. The molecule has 5 heteroatoms. The third-order valence-corrected chi connectivity index (χ3v) is 3.79. The number of hydrogen-bond acceptors (Lipinski definition) is 3. The lowest BCUT2D eigenvalue weighted by Gasteiger charge is -2.22. The fourth-order valence-electron chi connectivity index (χ4n) is 2.68. The molecule has 2 N–H and O–H groups in total. The van der Waals surface area contributed by atoms with Crippen LogP contribution < -0.4 is 10.5 Å². The Morgan fingerprint density at radius 1 is 1.56 bits per heavy atom. The van der Waals surface area contributed by atoms with Crippen molar-refractivity contribution in [3.8, 4) is 5.75 Å². The minimum absolute atomic E-state index is 0.113. The largest absolute Gasteiger partial charge is 0.493 e. The van der Waals surface area contributed by atoms with Crippen LogP contribution in [0.4, 0.5) is 4.39 Å². The molecule has 1 heterocycles. The Kier molecular flexibility index (Phi) is 4.10. The molecule has 2 unspecified atom stereocenters. The van der Waals surface area contributed by atoms with E-state index in [9.17, 15) is 4.39 Å². The highest BCUT2D eigenvalue weighted by Gasteiger charge is 2.32. The van der Waals surface area contributed by atoms with Gasteiger partial charge in [-0.3, -0.25) is 4.90 Å². The number of nitrogens with two attached hydrogens (primary N) is 1. The summed E-state index contributed by atoms with van der Waals surface area (Å²) in [4.78, 5) is 2.17. The lowest BCUT2D eigenvalue weighted by atomic mass is 9.99. The van der Waals surface area contributed by atoms with Gasteiger partial charge in [0.25, 0.3) is 0 Å². The molecule has 1 aliphatic heterocycles. The van der Waals surface area contributed by atoms with Crippen LogP contribution in [-0.2, 0) is 0 Å². The molecule has 100 valence electrons. The minimum Gasteiger partial charge on any atom is -0.493 e. The standard InChI is InChI=1S/C13H18ClFN2O/c1-17-7-8(6-16)3-12(17)10-4-9(14)5-11(15)13(10)18-2/h4-5,8,12H,3,6-7,16H2,1-2H3. The van der Waals surface area contributed by atoms with Gasteiger partial charge in [0, 0.05) is 23.2 Å². The van der Waals surface area contributed by atoms with Crippen LogP contribution >= 0.6 is 11.6 Å². The van der Waals surface area contributed by atoms with Gasteiger partial charge in [-0.2, -0.15) is 0 Å². The van der Waals surface area contributed by atoms with Gasteiger partial charge < -0.3 is 10.5 Å². The van der Waals surface area contributed by atoms with Gasteiger partial charge in [0.2, 0.25) is 0 Å². The number of likely N-dealkylation sites (tertiary alicyclic amines) is 1. The minimum atomic E-state index is -0.412. The zero-order valence-corrected chi connectivity index (χ0v) is 11.4. The monoisotopic (exact) mass is 272 g/mol. The van der Waals surface area contributed by atoms with E-state index in [4.69, 9.17) is 22.1 Å². The molecule has 0 radical (unpaired) electrons. The van der Waals surface area contributed by atoms with E-state index in [2.05, 4.69) is 4.90 Å². The summed E-state index contributed by atoms with van der Waals surface area (Å²) >= 11 is 5.94. The molecule has 0 bridgehead atoms. The van der Waals surface area contributed by atoms with Crippen molar-refractivity contribution in [2.45, 2.75) is 12.5 Å². The first-order chi connectivity index (χ1) is 8.56. The Bertz CT molecular complexity index is 441. The van der Waals surface area contributed by atoms with E-state index in [0.29, 0.717) is 17.5 Å². The van der Waals surface area contributed by atoms with Crippen molar-refractivity contribution in [1.29, 1.82) is 0 Å². The second-order valence-corrected chi connectivity index (χ2v) is 5.24. The van der Waals surface area contributed by atoms with Crippen LogP contribution in [0, 0.1) is 11.7 Å². The third-order valence-electron chi connectivity index (χ3n) is 3.57. The topological polar surface area (TPSA) is 38.5 Å². The van der Waals surface area contributed by atoms with Gasteiger partial charge in [-0.15, -0.1) is 0 Å². The molecule has 0 saturated carbocycles. The van der Waals surface area contributed by atoms with Gasteiger partial charge in [-0.25, -0.2) is 4.39 Å².